The number of hydrogen-bond donors (Lipinski definition) is 1. The molecule has 1 aromatic carbocycles. The van der Waals surface area contributed by atoms with E-state index >= 15 is 0 Å². The van der Waals surface area contributed by atoms with Gasteiger partial charge in [-0.3, -0.25) is 9.80 Å². The summed E-state index contributed by atoms with van der Waals surface area (Å²) in [7, 11) is -3.03. The fourth-order valence-electron chi connectivity index (χ4n) is 4.10. The minimum atomic E-state index is -3.03. The summed E-state index contributed by atoms with van der Waals surface area (Å²) in [6, 6.07) is 13.8. The van der Waals surface area contributed by atoms with Crippen molar-refractivity contribution in [3.05, 3.63) is 59.5 Å². The molecule has 2 aliphatic heterocycles. The molecule has 1 aromatic heterocycles. The van der Waals surface area contributed by atoms with E-state index in [1.807, 2.05) is 24.3 Å². The topological polar surface area (TPSA) is 74.0 Å². The summed E-state index contributed by atoms with van der Waals surface area (Å²) in [4.78, 5) is 4.53. The zero-order valence-corrected chi connectivity index (χ0v) is 15.4. The van der Waals surface area contributed by atoms with Crippen LogP contribution in [0.3, 0.4) is 0 Å². The minimum absolute atomic E-state index is 0.0138. The van der Waals surface area contributed by atoms with E-state index in [-0.39, 0.29) is 30.2 Å². The van der Waals surface area contributed by atoms with Crippen molar-refractivity contribution in [2.75, 3.05) is 24.6 Å². The molecule has 2 aromatic rings. The first kappa shape index (κ1) is 17.7. The van der Waals surface area contributed by atoms with Crippen molar-refractivity contribution in [3.63, 3.8) is 0 Å². The van der Waals surface area contributed by atoms with Gasteiger partial charge in [0.15, 0.2) is 9.84 Å². The lowest BCUT2D eigenvalue weighted by Gasteiger charge is -2.43. The first-order chi connectivity index (χ1) is 12.5. The lowest BCUT2D eigenvalue weighted by molar-refractivity contribution is 0.0312. The molecule has 2 saturated heterocycles. The summed E-state index contributed by atoms with van der Waals surface area (Å²) in [5.41, 5.74) is 1.21. The van der Waals surface area contributed by atoms with Crippen molar-refractivity contribution in [2.45, 2.75) is 31.8 Å². The van der Waals surface area contributed by atoms with Crippen molar-refractivity contribution in [1.29, 1.82) is 0 Å². The second-order valence-corrected chi connectivity index (χ2v) is 9.32. The molecule has 0 radical (unpaired) electrons. The molecule has 2 aliphatic rings. The first-order valence-corrected chi connectivity index (χ1v) is 10.8. The first-order valence-electron chi connectivity index (χ1n) is 8.95. The number of sulfone groups is 1. The Hall–Kier alpha value is -1.67. The van der Waals surface area contributed by atoms with Gasteiger partial charge in [0.1, 0.15) is 18.1 Å². The van der Waals surface area contributed by atoms with Crippen LogP contribution in [-0.4, -0.2) is 60.0 Å². The van der Waals surface area contributed by atoms with E-state index < -0.39 is 9.84 Å². The molecular weight excluding hydrogens is 352 g/mol. The van der Waals surface area contributed by atoms with Crippen LogP contribution in [0.2, 0.25) is 0 Å². The molecule has 0 spiro atoms. The summed E-state index contributed by atoms with van der Waals surface area (Å²) < 4.78 is 30.3. The highest BCUT2D eigenvalue weighted by Crippen LogP contribution is 2.29. The third-order valence-electron chi connectivity index (χ3n) is 5.37. The van der Waals surface area contributed by atoms with Gasteiger partial charge in [0.25, 0.3) is 0 Å². The quantitative estimate of drug-likeness (QED) is 0.847. The Labute approximate surface area is 153 Å². The number of rotatable bonds is 5. The number of aliphatic hydroxyl groups is 1. The third-order valence-corrected chi connectivity index (χ3v) is 7.07. The van der Waals surface area contributed by atoms with Crippen LogP contribution in [0.15, 0.2) is 46.9 Å². The number of hydrogen-bond acceptors (Lipinski definition) is 6. The Bertz CT molecular complexity index is 849. The maximum Gasteiger partial charge on any atom is 0.153 e. The van der Waals surface area contributed by atoms with Crippen LogP contribution in [0, 0.1) is 0 Å². The Kier molecular flexibility index (Phi) is 4.88. The average molecular weight is 376 g/mol. The summed E-state index contributed by atoms with van der Waals surface area (Å²) >= 11 is 0. The van der Waals surface area contributed by atoms with E-state index in [0.717, 1.165) is 25.4 Å². The molecule has 0 bridgehead atoms. The van der Waals surface area contributed by atoms with Gasteiger partial charge < -0.3 is 9.52 Å². The highest BCUT2D eigenvalue weighted by molar-refractivity contribution is 7.91. The van der Waals surface area contributed by atoms with Crippen LogP contribution in [0.1, 0.15) is 17.1 Å². The van der Waals surface area contributed by atoms with Crippen molar-refractivity contribution in [1.82, 2.24) is 9.80 Å². The van der Waals surface area contributed by atoms with Crippen molar-refractivity contribution in [2.24, 2.45) is 0 Å². The fraction of sp³-hybridized carbons (Fsp3) is 0.474. The van der Waals surface area contributed by atoms with E-state index in [0.29, 0.717) is 12.3 Å². The molecule has 0 saturated carbocycles. The Morgan fingerprint density at radius 3 is 2.15 bits per heavy atom. The highest BCUT2D eigenvalue weighted by atomic mass is 32.2. The monoisotopic (exact) mass is 376 g/mol. The second-order valence-electron chi connectivity index (χ2n) is 7.16. The Morgan fingerprint density at radius 1 is 0.923 bits per heavy atom. The van der Waals surface area contributed by atoms with E-state index in [9.17, 15) is 8.42 Å². The zero-order chi connectivity index (χ0) is 18.1. The standard InChI is InChI=1S/C19H24N2O4S/c22-12-17-7-6-16(25-17)11-21-9-8-20(10-15-4-2-1-3-5-15)18-13-26(23,24)14-19(18)21/h1-7,18-19,22H,8-14H2/t18-,19+/m0/s1. The third kappa shape index (κ3) is 3.71. The van der Waals surface area contributed by atoms with E-state index in [1.54, 1.807) is 6.07 Å². The SMILES string of the molecule is O=S1(=O)C[C@@H]2[C@H](C1)N(Cc1ccccc1)CCN2Cc1ccc(CO)o1. The molecule has 4 rings (SSSR count). The van der Waals surface area contributed by atoms with Gasteiger partial charge in [0.05, 0.1) is 18.1 Å². The molecule has 6 nitrogen and oxygen atoms in total. The smallest absolute Gasteiger partial charge is 0.153 e. The number of aliphatic hydroxyl groups excluding tert-OH is 1. The lowest BCUT2D eigenvalue weighted by Crippen LogP contribution is -2.58. The van der Waals surface area contributed by atoms with Crippen LogP contribution >= 0.6 is 0 Å². The highest BCUT2D eigenvalue weighted by Gasteiger charge is 2.46. The molecule has 0 aliphatic carbocycles. The molecule has 140 valence electrons. The number of nitrogens with zero attached hydrogens (tertiary/aromatic N) is 2. The largest absolute Gasteiger partial charge is 0.462 e. The molecular formula is C19H24N2O4S. The van der Waals surface area contributed by atoms with Gasteiger partial charge >= 0.3 is 0 Å². The molecule has 2 atom stereocenters. The van der Waals surface area contributed by atoms with Crippen LogP contribution in [0.5, 0.6) is 0 Å². The molecule has 26 heavy (non-hydrogen) atoms. The van der Waals surface area contributed by atoms with Gasteiger partial charge in [-0.25, -0.2) is 8.42 Å². The van der Waals surface area contributed by atoms with Gasteiger partial charge in [-0.15, -0.1) is 0 Å². The molecule has 0 unspecified atom stereocenters. The normalized spacial score (nSPS) is 26.0. The summed E-state index contributed by atoms with van der Waals surface area (Å²) in [6.45, 7) is 2.87. The zero-order valence-electron chi connectivity index (χ0n) is 14.6. The minimum Gasteiger partial charge on any atom is -0.462 e. The molecule has 1 N–H and O–H groups in total. The van der Waals surface area contributed by atoms with E-state index in [2.05, 4.69) is 21.9 Å². The van der Waals surface area contributed by atoms with E-state index in [4.69, 9.17) is 9.52 Å². The number of piperazine rings is 1. The summed E-state index contributed by atoms with van der Waals surface area (Å²) in [5, 5.41) is 9.16. The predicted octanol–water partition coefficient (Wildman–Crippen LogP) is 1.26. The molecule has 2 fully saturated rings. The predicted molar refractivity (Wildman–Crippen MR) is 98.1 cm³/mol. The van der Waals surface area contributed by atoms with Gasteiger partial charge in [0, 0.05) is 31.7 Å². The van der Waals surface area contributed by atoms with Gasteiger partial charge in [-0.05, 0) is 17.7 Å². The van der Waals surface area contributed by atoms with Crippen LogP contribution in [-0.2, 0) is 29.5 Å². The molecule has 3 heterocycles. The van der Waals surface area contributed by atoms with Crippen molar-refractivity contribution in [3.8, 4) is 0 Å². The second kappa shape index (κ2) is 7.15. The fourth-order valence-corrected chi connectivity index (χ4v) is 6.14. The van der Waals surface area contributed by atoms with Crippen LogP contribution < -0.4 is 0 Å². The summed E-state index contributed by atoms with van der Waals surface area (Å²) in [5.74, 6) is 1.74. The van der Waals surface area contributed by atoms with Crippen LogP contribution in [0.4, 0.5) is 0 Å². The number of furan rings is 1. The van der Waals surface area contributed by atoms with Crippen LogP contribution in [0.25, 0.3) is 0 Å². The maximum atomic E-state index is 12.3. The van der Waals surface area contributed by atoms with Gasteiger partial charge in [-0.2, -0.15) is 0 Å². The van der Waals surface area contributed by atoms with Crippen molar-refractivity contribution < 1.29 is 17.9 Å². The number of benzene rings is 1. The molecule has 0 amide bonds. The van der Waals surface area contributed by atoms with Crippen molar-refractivity contribution >= 4 is 9.84 Å². The maximum absolute atomic E-state index is 12.3. The lowest BCUT2D eigenvalue weighted by atomic mass is 10.0. The Morgan fingerprint density at radius 2 is 1.54 bits per heavy atom. The van der Waals surface area contributed by atoms with Gasteiger partial charge in [0.2, 0.25) is 0 Å². The number of fused-ring (bicyclic) bond motifs is 1. The molecule has 7 heteroatoms. The summed E-state index contributed by atoms with van der Waals surface area (Å²) in [6.07, 6.45) is 0. The Balaban J connectivity index is 1.51. The van der Waals surface area contributed by atoms with Gasteiger partial charge in [-0.1, -0.05) is 30.3 Å². The van der Waals surface area contributed by atoms with E-state index in [1.165, 1.54) is 5.56 Å². The average Bonchev–Trinajstić information content (AvgIpc) is 3.21.